The van der Waals surface area contributed by atoms with Gasteiger partial charge in [0.05, 0.1) is 16.3 Å². The van der Waals surface area contributed by atoms with E-state index in [1.165, 1.54) is 0 Å². The molecule has 1 aliphatic rings. The first-order valence-electron chi connectivity index (χ1n) is 6.46. The second kappa shape index (κ2) is 5.06. The van der Waals surface area contributed by atoms with Gasteiger partial charge < -0.3 is 10.4 Å². The van der Waals surface area contributed by atoms with E-state index in [0.29, 0.717) is 17.0 Å². The van der Waals surface area contributed by atoms with Crippen molar-refractivity contribution in [2.24, 2.45) is 5.41 Å². The van der Waals surface area contributed by atoms with Crippen LogP contribution in [-0.4, -0.2) is 22.2 Å². The lowest BCUT2D eigenvalue weighted by Gasteiger charge is -2.40. The first-order chi connectivity index (χ1) is 8.40. The van der Waals surface area contributed by atoms with Crippen LogP contribution >= 0.6 is 11.6 Å². The van der Waals surface area contributed by atoms with E-state index in [1.54, 1.807) is 12.4 Å². The van der Waals surface area contributed by atoms with Crippen LogP contribution in [0, 0.1) is 5.41 Å². The van der Waals surface area contributed by atoms with Gasteiger partial charge in [-0.05, 0) is 37.2 Å². The number of rotatable bonds is 3. The lowest BCUT2D eigenvalue weighted by atomic mass is 9.71. The highest BCUT2D eigenvalue weighted by Gasteiger charge is 2.36. The maximum Gasteiger partial charge on any atom is 0.0820 e. The molecule has 0 spiro atoms. The van der Waals surface area contributed by atoms with Crippen LogP contribution in [0.25, 0.3) is 0 Å². The van der Waals surface area contributed by atoms with Gasteiger partial charge in [0.2, 0.25) is 0 Å². The molecule has 1 fully saturated rings. The minimum absolute atomic E-state index is 0.362. The number of hydrogen-bond acceptors (Lipinski definition) is 3. The van der Waals surface area contributed by atoms with Crippen molar-refractivity contribution in [3.05, 3.63) is 23.5 Å². The number of aliphatic hydroxyl groups is 1. The van der Waals surface area contributed by atoms with Gasteiger partial charge in [-0.2, -0.15) is 0 Å². The van der Waals surface area contributed by atoms with Crippen molar-refractivity contribution in [3.63, 3.8) is 0 Å². The quantitative estimate of drug-likeness (QED) is 0.882. The van der Waals surface area contributed by atoms with Crippen LogP contribution < -0.4 is 5.32 Å². The normalized spacial score (nSPS) is 21.6. The van der Waals surface area contributed by atoms with E-state index in [2.05, 4.69) is 24.1 Å². The Morgan fingerprint density at radius 3 is 2.61 bits per heavy atom. The van der Waals surface area contributed by atoms with Crippen molar-refractivity contribution in [1.82, 2.24) is 4.98 Å². The third kappa shape index (κ3) is 3.36. The van der Waals surface area contributed by atoms with E-state index < -0.39 is 5.60 Å². The molecule has 3 nitrogen and oxygen atoms in total. The van der Waals surface area contributed by atoms with E-state index in [4.69, 9.17) is 11.6 Å². The average molecular weight is 269 g/mol. The van der Waals surface area contributed by atoms with Crippen LogP contribution in [-0.2, 0) is 0 Å². The third-order valence-corrected chi connectivity index (χ3v) is 4.22. The number of aromatic nitrogens is 1. The van der Waals surface area contributed by atoms with Crippen LogP contribution in [0.15, 0.2) is 18.5 Å². The van der Waals surface area contributed by atoms with E-state index in [0.717, 1.165) is 31.4 Å². The van der Waals surface area contributed by atoms with Gasteiger partial charge in [-0.25, -0.2) is 0 Å². The number of anilines is 1. The minimum Gasteiger partial charge on any atom is -0.388 e. The molecule has 2 rings (SSSR count). The number of halogens is 1. The molecule has 1 aliphatic carbocycles. The number of hydrogen-bond donors (Lipinski definition) is 2. The van der Waals surface area contributed by atoms with Crippen LogP contribution in [0.4, 0.5) is 5.69 Å². The molecule has 1 heterocycles. The van der Waals surface area contributed by atoms with Crippen LogP contribution in [0.1, 0.15) is 39.5 Å². The summed E-state index contributed by atoms with van der Waals surface area (Å²) in [5.41, 5.74) is 0.591. The molecular formula is C14H21ClN2O. The number of pyridine rings is 1. The zero-order valence-electron chi connectivity index (χ0n) is 11.0. The Morgan fingerprint density at radius 2 is 2.00 bits per heavy atom. The molecule has 0 bridgehead atoms. The van der Waals surface area contributed by atoms with Crippen molar-refractivity contribution in [3.8, 4) is 0 Å². The SMILES string of the molecule is CC1(C)CCC(O)(CNc2ccncc2Cl)CC1. The van der Waals surface area contributed by atoms with E-state index in [9.17, 15) is 5.11 Å². The predicted octanol–water partition coefficient (Wildman–Crippen LogP) is 3.48. The molecule has 1 saturated carbocycles. The lowest BCUT2D eigenvalue weighted by molar-refractivity contribution is -0.0145. The molecule has 0 atom stereocenters. The fourth-order valence-corrected chi connectivity index (χ4v) is 2.53. The van der Waals surface area contributed by atoms with Gasteiger partial charge in [0.1, 0.15) is 0 Å². The fraction of sp³-hybridized carbons (Fsp3) is 0.643. The molecule has 2 N–H and O–H groups in total. The molecule has 0 amide bonds. The summed E-state index contributed by atoms with van der Waals surface area (Å²) in [4.78, 5) is 3.94. The zero-order valence-corrected chi connectivity index (χ0v) is 11.8. The second-order valence-electron chi connectivity index (χ2n) is 6.10. The summed E-state index contributed by atoms with van der Waals surface area (Å²) >= 11 is 6.03. The predicted molar refractivity (Wildman–Crippen MR) is 74.9 cm³/mol. The summed E-state index contributed by atoms with van der Waals surface area (Å²) in [6, 6.07) is 1.83. The molecule has 0 radical (unpaired) electrons. The summed E-state index contributed by atoms with van der Waals surface area (Å²) in [5.74, 6) is 0. The summed E-state index contributed by atoms with van der Waals surface area (Å²) in [6.45, 7) is 5.08. The molecular weight excluding hydrogens is 248 g/mol. The van der Waals surface area contributed by atoms with Crippen molar-refractivity contribution >= 4 is 17.3 Å². The molecule has 0 aromatic carbocycles. The Hall–Kier alpha value is -0.800. The van der Waals surface area contributed by atoms with Gasteiger partial charge in [0.25, 0.3) is 0 Å². The summed E-state index contributed by atoms with van der Waals surface area (Å²) in [6.07, 6.45) is 7.12. The van der Waals surface area contributed by atoms with Crippen molar-refractivity contribution < 1.29 is 5.11 Å². The monoisotopic (exact) mass is 268 g/mol. The lowest BCUT2D eigenvalue weighted by Crippen LogP contribution is -2.42. The summed E-state index contributed by atoms with van der Waals surface area (Å²) < 4.78 is 0. The molecule has 1 aromatic rings. The topological polar surface area (TPSA) is 45.1 Å². The molecule has 0 unspecified atom stereocenters. The molecule has 0 saturated heterocycles. The highest BCUT2D eigenvalue weighted by atomic mass is 35.5. The Morgan fingerprint density at radius 1 is 1.33 bits per heavy atom. The van der Waals surface area contributed by atoms with Crippen LogP contribution in [0.5, 0.6) is 0 Å². The minimum atomic E-state index is -0.609. The molecule has 18 heavy (non-hydrogen) atoms. The van der Waals surface area contributed by atoms with Crippen molar-refractivity contribution in [2.45, 2.75) is 45.1 Å². The number of nitrogens with zero attached hydrogens (tertiary/aromatic N) is 1. The fourth-order valence-electron chi connectivity index (χ4n) is 2.35. The molecule has 0 aliphatic heterocycles. The molecule has 1 aromatic heterocycles. The molecule has 4 heteroatoms. The highest BCUT2D eigenvalue weighted by molar-refractivity contribution is 6.33. The standard InChI is InChI=1S/C14H21ClN2O/c1-13(2)4-6-14(18,7-5-13)10-17-12-3-8-16-9-11(12)15/h3,8-9,18H,4-7,10H2,1-2H3,(H,16,17). The van der Waals surface area contributed by atoms with E-state index >= 15 is 0 Å². The first kappa shape index (κ1) is 13.6. The smallest absolute Gasteiger partial charge is 0.0820 e. The van der Waals surface area contributed by atoms with Crippen molar-refractivity contribution in [2.75, 3.05) is 11.9 Å². The van der Waals surface area contributed by atoms with Crippen LogP contribution in [0.3, 0.4) is 0 Å². The largest absolute Gasteiger partial charge is 0.388 e. The van der Waals surface area contributed by atoms with Crippen molar-refractivity contribution in [1.29, 1.82) is 0 Å². The zero-order chi connectivity index (χ0) is 13.2. The van der Waals surface area contributed by atoms with E-state index in [-0.39, 0.29) is 0 Å². The third-order valence-electron chi connectivity index (χ3n) is 3.91. The van der Waals surface area contributed by atoms with Gasteiger partial charge in [0, 0.05) is 18.9 Å². The Balaban J connectivity index is 1.93. The van der Waals surface area contributed by atoms with E-state index in [1.807, 2.05) is 6.07 Å². The van der Waals surface area contributed by atoms with Gasteiger partial charge >= 0.3 is 0 Å². The Kier molecular flexibility index (Phi) is 3.83. The van der Waals surface area contributed by atoms with Gasteiger partial charge in [-0.15, -0.1) is 0 Å². The van der Waals surface area contributed by atoms with Gasteiger partial charge in [-0.1, -0.05) is 25.4 Å². The first-order valence-corrected chi connectivity index (χ1v) is 6.84. The summed E-state index contributed by atoms with van der Waals surface area (Å²) in [5, 5.41) is 14.4. The number of nitrogens with one attached hydrogen (secondary N) is 1. The maximum atomic E-state index is 10.5. The molecule has 100 valence electrons. The highest BCUT2D eigenvalue weighted by Crippen LogP contribution is 2.40. The summed E-state index contributed by atoms with van der Waals surface area (Å²) in [7, 11) is 0. The maximum absolute atomic E-state index is 10.5. The second-order valence-corrected chi connectivity index (χ2v) is 6.50. The Bertz CT molecular complexity index is 410. The van der Waals surface area contributed by atoms with Crippen LogP contribution in [0.2, 0.25) is 5.02 Å². The van der Waals surface area contributed by atoms with Gasteiger partial charge in [-0.3, -0.25) is 4.98 Å². The average Bonchev–Trinajstić information content (AvgIpc) is 2.33. The Labute approximate surface area is 114 Å². The van der Waals surface area contributed by atoms with Gasteiger partial charge in [0.15, 0.2) is 0 Å².